The van der Waals surface area contributed by atoms with Crippen molar-refractivity contribution in [2.75, 3.05) is 26.9 Å². The maximum Gasteiger partial charge on any atom is 0.119 e. The fourth-order valence-corrected chi connectivity index (χ4v) is 2.64. The molecule has 3 nitrogen and oxygen atoms in total. The molecule has 0 amide bonds. The Hall–Kier alpha value is -1.06. The summed E-state index contributed by atoms with van der Waals surface area (Å²) in [7, 11) is 2.00. The summed E-state index contributed by atoms with van der Waals surface area (Å²) in [6.07, 6.45) is 2.30. The molecule has 1 N–H and O–H groups in total. The lowest BCUT2D eigenvalue weighted by Gasteiger charge is -2.22. The maximum absolute atomic E-state index is 5.92. The zero-order chi connectivity index (χ0) is 14.4. The van der Waals surface area contributed by atoms with E-state index >= 15 is 0 Å². The standard InChI is InChI=1S/C17H27NO2/c1-4-13(2)14-5-7-16(8-6-14)20-12-17(18-3)15-9-10-19-11-15/h5-8,13,15,17-18H,4,9-12H2,1-3H3. The van der Waals surface area contributed by atoms with Gasteiger partial charge in [-0.25, -0.2) is 0 Å². The quantitative estimate of drug-likeness (QED) is 0.830. The fraction of sp³-hybridized carbons (Fsp3) is 0.647. The van der Waals surface area contributed by atoms with Gasteiger partial charge in [-0.15, -0.1) is 0 Å². The first-order chi connectivity index (χ1) is 9.74. The minimum atomic E-state index is 0.367. The summed E-state index contributed by atoms with van der Waals surface area (Å²) in [6, 6.07) is 8.89. The average Bonchev–Trinajstić information content (AvgIpc) is 3.02. The molecule has 20 heavy (non-hydrogen) atoms. The molecule has 0 aliphatic carbocycles. The van der Waals surface area contributed by atoms with Gasteiger partial charge in [-0.3, -0.25) is 0 Å². The van der Waals surface area contributed by atoms with E-state index in [1.807, 2.05) is 7.05 Å². The van der Waals surface area contributed by atoms with E-state index < -0.39 is 0 Å². The molecular formula is C17H27NO2. The van der Waals surface area contributed by atoms with Crippen LogP contribution in [0.5, 0.6) is 5.75 Å². The second-order valence-corrected chi connectivity index (χ2v) is 5.71. The largest absolute Gasteiger partial charge is 0.492 e. The van der Waals surface area contributed by atoms with Gasteiger partial charge in [0.25, 0.3) is 0 Å². The first-order valence-electron chi connectivity index (χ1n) is 7.72. The van der Waals surface area contributed by atoms with E-state index in [0.717, 1.165) is 25.4 Å². The molecule has 1 aliphatic rings. The van der Waals surface area contributed by atoms with Gasteiger partial charge in [-0.05, 0) is 43.5 Å². The van der Waals surface area contributed by atoms with Crippen molar-refractivity contribution in [3.63, 3.8) is 0 Å². The van der Waals surface area contributed by atoms with Crippen molar-refractivity contribution in [3.8, 4) is 5.75 Å². The first kappa shape index (κ1) is 15.3. The molecule has 3 heteroatoms. The predicted octanol–water partition coefficient (Wildman–Crippen LogP) is 3.20. The van der Waals surface area contributed by atoms with Crippen LogP contribution in [-0.2, 0) is 4.74 Å². The van der Waals surface area contributed by atoms with Crippen molar-refractivity contribution in [3.05, 3.63) is 29.8 Å². The molecule has 0 saturated carbocycles. The summed E-state index contributed by atoms with van der Waals surface area (Å²) in [4.78, 5) is 0. The summed E-state index contributed by atoms with van der Waals surface area (Å²) in [5.41, 5.74) is 1.38. The van der Waals surface area contributed by atoms with Crippen molar-refractivity contribution in [1.82, 2.24) is 5.32 Å². The molecule has 112 valence electrons. The average molecular weight is 277 g/mol. The van der Waals surface area contributed by atoms with Gasteiger partial charge >= 0.3 is 0 Å². The minimum absolute atomic E-state index is 0.367. The summed E-state index contributed by atoms with van der Waals surface area (Å²) in [6.45, 7) is 6.91. The van der Waals surface area contributed by atoms with Gasteiger partial charge in [-0.1, -0.05) is 26.0 Å². The smallest absolute Gasteiger partial charge is 0.119 e. The second kappa shape index (κ2) is 7.65. The Morgan fingerprint density at radius 1 is 1.35 bits per heavy atom. The molecular weight excluding hydrogens is 250 g/mol. The van der Waals surface area contributed by atoms with Gasteiger partial charge in [-0.2, -0.15) is 0 Å². The highest BCUT2D eigenvalue weighted by atomic mass is 16.5. The third-order valence-corrected chi connectivity index (χ3v) is 4.40. The van der Waals surface area contributed by atoms with Crippen LogP contribution in [0.15, 0.2) is 24.3 Å². The molecule has 2 rings (SSSR count). The van der Waals surface area contributed by atoms with E-state index in [0.29, 0.717) is 24.5 Å². The number of ether oxygens (including phenoxy) is 2. The van der Waals surface area contributed by atoms with Crippen molar-refractivity contribution < 1.29 is 9.47 Å². The Morgan fingerprint density at radius 2 is 2.10 bits per heavy atom. The lowest BCUT2D eigenvalue weighted by molar-refractivity contribution is 0.162. The van der Waals surface area contributed by atoms with E-state index in [-0.39, 0.29) is 0 Å². The van der Waals surface area contributed by atoms with E-state index in [9.17, 15) is 0 Å². The lowest BCUT2D eigenvalue weighted by atomic mass is 9.99. The molecule has 1 aliphatic heterocycles. The summed E-state index contributed by atoms with van der Waals surface area (Å²) >= 11 is 0. The highest BCUT2D eigenvalue weighted by Crippen LogP contribution is 2.22. The van der Waals surface area contributed by atoms with Gasteiger partial charge < -0.3 is 14.8 Å². The Kier molecular flexibility index (Phi) is 5.86. The zero-order valence-electron chi connectivity index (χ0n) is 12.9. The van der Waals surface area contributed by atoms with E-state index in [1.165, 1.54) is 12.0 Å². The predicted molar refractivity (Wildman–Crippen MR) is 82.4 cm³/mol. The van der Waals surface area contributed by atoms with Crippen LogP contribution in [0.4, 0.5) is 0 Å². The number of benzene rings is 1. The Bertz CT molecular complexity index is 384. The van der Waals surface area contributed by atoms with Crippen LogP contribution >= 0.6 is 0 Å². The molecule has 0 aromatic heterocycles. The van der Waals surface area contributed by atoms with Gasteiger partial charge in [0.1, 0.15) is 12.4 Å². The van der Waals surface area contributed by atoms with Crippen LogP contribution in [-0.4, -0.2) is 32.9 Å². The van der Waals surface area contributed by atoms with Gasteiger partial charge in [0, 0.05) is 18.6 Å². The van der Waals surface area contributed by atoms with Gasteiger partial charge in [0.15, 0.2) is 0 Å². The lowest BCUT2D eigenvalue weighted by Crippen LogP contribution is -2.39. The Balaban J connectivity index is 1.86. The maximum atomic E-state index is 5.92. The van der Waals surface area contributed by atoms with Gasteiger partial charge in [0.2, 0.25) is 0 Å². The number of likely N-dealkylation sites (N-methyl/N-ethyl adjacent to an activating group) is 1. The molecule has 0 radical (unpaired) electrons. The van der Waals surface area contributed by atoms with E-state index in [4.69, 9.17) is 9.47 Å². The van der Waals surface area contributed by atoms with Crippen LogP contribution in [0.3, 0.4) is 0 Å². The number of nitrogens with one attached hydrogen (secondary N) is 1. The summed E-state index contributed by atoms with van der Waals surface area (Å²) in [5.74, 6) is 2.14. The molecule has 0 bridgehead atoms. The molecule has 1 fully saturated rings. The molecule has 0 spiro atoms. The fourth-order valence-electron chi connectivity index (χ4n) is 2.64. The minimum Gasteiger partial charge on any atom is -0.492 e. The molecule has 3 atom stereocenters. The molecule has 1 heterocycles. The van der Waals surface area contributed by atoms with E-state index in [2.05, 4.69) is 43.4 Å². The molecule has 3 unspecified atom stereocenters. The van der Waals surface area contributed by atoms with Crippen molar-refractivity contribution >= 4 is 0 Å². The summed E-state index contributed by atoms with van der Waals surface area (Å²) < 4.78 is 11.4. The van der Waals surface area contributed by atoms with Crippen LogP contribution < -0.4 is 10.1 Å². The highest BCUT2D eigenvalue weighted by molar-refractivity contribution is 5.29. The molecule has 1 saturated heterocycles. The van der Waals surface area contributed by atoms with Gasteiger partial charge in [0.05, 0.1) is 6.61 Å². The second-order valence-electron chi connectivity index (χ2n) is 5.71. The number of hydrogen-bond donors (Lipinski definition) is 1. The highest BCUT2D eigenvalue weighted by Gasteiger charge is 2.24. The topological polar surface area (TPSA) is 30.5 Å². The van der Waals surface area contributed by atoms with Crippen LogP contribution in [0.2, 0.25) is 0 Å². The van der Waals surface area contributed by atoms with Crippen LogP contribution in [0, 0.1) is 5.92 Å². The molecule has 1 aromatic carbocycles. The molecule has 1 aromatic rings. The van der Waals surface area contributed by atoms with Crippen molar-refractivity contribution in [2.45, 2.75) is 38.6 Å². The Labute approximate surface area is 122 Å². The third-order valence-electron chi connectivity index (χ3n) is 4.40. The first-order valence-corrected chi connectivity index (χ1v) is 7.72. The summed E-state index contributed by atoms with van der Waals surface area (Å²) in [5, 5.41) is 3.35. The van der Waals surface area contributed by atoms with Crippen LogP contribution in [0.1, 0.15) is 38.2 Å². The SMILES string of the molecule is CCC(C)c1ccc(OCC(NC)C2CCOC2)cc1. The van der Waals surface area contributed by atoms with Crippen LogP contribution in [0.25, 0.3) is 0 Å². The number of rotatable bonds is 7. The van der Waals surface area contributed by atoms with Crippen molar-refractivity contribution in [2.24, 2.45) is 5.92 Å². The Morgan fingerprint density at radius 3 is 2.65 bits per heavy atom. The third kappa shape index (κ3) is 3.97. The zero-order valence-corrected chi connectivity index (χ0v) is 12.9. The number of hydrogen-bond acceptors (Lipinski definition) is 3. The van der Waals surface area contributed by atoms with Crippen molar-refractivity contribution in [1.29, 1.82) is 0 Å². The normalized spacial score (nSPS) is 21.6. The monoisotopic (exact) mass is 277 g/mol. The van der Waals surface area contributed by atoms with E-state index in [1.54, 1.807) is 0 Å².